The minimum absolute atomic E-state index is 0.285. The molecule has 26 heavy (non-hydrogen) atoms. The van der Waals surface area contributed by atoms with Gasteiger partial charge in [0.05, 0.1) is 19.2 Å². The highest BCUT2D eigenvalue weighted by Gasteiger charge is 2.17. The fraction of sp³-hybridized carbons (Fsp3) is 0.105. The largest absolute Gasteiger partial charge is 0.480 e. The van der Waals surface area contributed by atoms with E-state index < -0.39 is 0 Å². The van der Waals surface area contributed by atoms with Gasteiger partial charge in [-0.1, -0.05) is 18.2 Å². The first-order chi connectivity index (χ1) is 12.8. The van der Waals surface area contributed by atoms with Gasteiger partial charge < -0.3 is 10.1 Å². The molecule has 1 aromatic carbocycles. The van der Waals surface area contributed by atoms with Crippen molar-refractivity contribution in [2.24, 2.45) is 0 Å². The van der Waals surface area contributed by atoms with Crippen molar-refractivity contribution in [1.82, 2.24) is 14.8 Å². The van der Waals surface area contributed by atoms with Crippen molar-refractivity contribution >= 4 is 34.0 Å². The van der Waals surface area contributed by atoms with Gasteiger partial charge in [0.25, 0.3) is 5.91 Å². The Balaban J connectivity index is 1.69. The van der Waals surface area contributed by atoms with E-state index in [0.717, 1.165) is 10.9 Å². The van der Waals surface area contributed by atoms with Crippen LogP contribution in [0.1, 0.15) is 15.2 Å². The highest BCUT2D eigenvalue weighted by Crippen LogP contribution is 2.25. The second kappa shape index (κ2) is 6.97. The zero-order valence-electron chi connectivity index (χ0n) is 14.0. The zero-order valence-corrected chi connectivity index (χ0v) is 14.9. The number of nitrogens with zero attached hydrogens (tertiary/aromatic N) is 3. The number of hydrogen-bond acceptors (Lipinski definition) is 5. The number of carbonyl (C=O) groups excluding carboxylic acids is 1. The van der Waals surface area contributed by atoms with Crippen LogP contribution in [0.5, 0.6) is 5.88 Å². The Hall–Kier alpha value is -3.19. The third-order valence-electron chi connectivity index (χ3n) is 3.98. The third kappa shape index (κ3) is 3.04. The lowest BCUT2D eigenvalue weighted by molar-refractivity contribution is 0.102. The Morgan fingerprint density at radius 1 is 1.19 bits per heavy atom. The Morgan fingerprint density at radius 2 is 2.08 bits per heavy atom. The first kappa shape index (κ1) is 16.3. The summed E-state index contributed by atoms with van der Waals surface area (Å²) in [6.07, 6.45) is 1.58. The highest BCUT2D eigenvalue weighted by atomic mass is 32.1. The SMILES string of the molecule is COc1ncccc1C(=O)Nc1nn(Cc2cccs2)c2ccccc12. The van der Waals surface area contributed by atoms with E-state index in [0.29, 0.717) is 17.9 Å². The number of rotatable bonds is 5. The number of thiophene rings is 1. The van der Waals surface area contributed by atoms with Gasteiger partial charge in [0.2, 0.25) is 5.88 Å². The number of anilines is 1. The van der Waals surface area contributed by atoms with E-state index in [9.17, 15) is 4.79 Å². The maximum Gasteiger partial charge on any atom is 0.262 e. The standard InChI is InChI=1S/C19H16N4O2S/c1-25-19-15(8-4-10-20-19)18(24)21-17-14-7-2-3-9-16(14)23(22-17)12-13-6-5-11-26-13/h2-11H,12H2,1H3,(H,21,22,24). The van der Waals surface area contributed by atoms with Crippen LogP contribution in [-0.2, 0) is 6.54 Å². The number of ether oxygens (including phenoxy) is 1. The lowest BCUT2D eigenvalue weighted by atomic mass is 10.2. The molecule has 0 aliphatic rings. The molecule has 0 bridgehead atoms. The number of aromatic nitrogens is 3. The van der Waals surface area contributed by atoms with Crippen LogP contribution >= 0.6 is 11.3 Å². The summed E-state index contributed by atoms with van der Waals surface area (Å²) in [5, 5.41) is 10.4. The number of amides is 1. The number of nitrogens with one attached hydrogen (secondary N) is 1. The van der Waals surface area contributed by atoms with Crippen molar-refractivity contribution in [2.75, 3.05) is 12.4 Å². The molecule has 0 radical (unpaired) electrons. The molecule has 0 aliphatic carbocycles. The quantitative estimate of drug-likeness (QED) is 0.585. The molecule has 6 nitrogen and oxygen atoms in total. The molecule has 3 aromatic heterocycles. The molecule has 0 atom stereocenters. The van der Waals surface area contributed by atoms with Crippen LogP contribution in [0.25, 0.3) is 10.9 Å². The van der Waals surface area contributed by atoms with Crippen molar-refractivity contribution < 1.29 is 9.53 Å². The van der Waals surface area contributed by atoms with Crippen LogP contribution in [0.2, 0.25) is 0 Å². The van der Waals surface area contributed by atoms with Gasteiger partial charge >= 0.3 is 0 Å². The molecule has 1 amide bonds. The lowest BCUT2D eigenvalue weighted by Crippen LogP contribution is -2.14. The molecule has 1 N–H and O–H groups in total. The molecule has 130 valence electrons. The van der Waals surface area contributed by atoms with E-state index in [1.165, 1.54) is 12.0 Å². The molecule has 0 saturated heterocycles. The molecular formula is C19H16N4O2S. The summed E-state index contributed by atoms with van der Waals surface area (Å²) >= 11 is 1.68. The molecule has 0 fully saturated rings. The highest BCUT2D eigenvalue weighted by molar-refractivity contribution is 7.09. The van der Waals surface area contributed by atoms with Gasteiger partial charge in [-0.2, -0.15) is 5.10 Å². The van der Waals surface area contributed by atoms with Gasteiger partial charge in [0.15, 0.2) is 5.82 Å². The van der Waals surface area contributed by atoms with Gasteiger partial charge in [-0.25, -0.2) is 4.98 Å². The Labute approximate surface area is 154 Å². The fourth-order valence-electron chi connectivity index (χ4n) is 2.79. The number of fused-ring (bicyclic) bond motifs is 1. The van der Waals surface area contributed by atoms with Gasteiger partial charge in [-0.3, -0.25) is 9.48 Å². The smallest absolute Gasteiger partial charge is 0.262 e. The van der Waals surface area contributed by atoms with E-state index in [-0.39, 0.29) is 11.8 Å². The molecule has 0 aliphatic heterocycles. The predicted octanol–water partition coefficient (Wildman–Crippen LogP) is 3.80. The second-order valence-corrected chi connectivity index (χ2v) is 6.65. The molecule has 0 spiro atoms. The zero-order chi connectivity index (χ0) is 17.9. The van der Waals surface area contributed by atoms with E-state index in [1.54, 1.807) is 29.7 Å². The van der Waals surface area contributed by atoms with Crippen LogP contribution in [0.4, 0.5) is 5.82 Å². The molecular weight excluding hydrogens is 348 g/mol. The van der Waals surface area contributed by atoms with Crippen LogP contribution in [0, 0.1) is 0 Å². The van der Waals surface area contributed by atoms with Crippen LogP contribution in [0.15, 0.2) is 60.1 Å². The Bertz CT molecular complexity index is 1060. The Morgan fingerprint density at radius 3 is 2.88 bits per heavy atom. The van der Waals surface area contributed by atoms with Crippen molar-refractivity contribution in [2.45, 2.75) is 6.54 Å². The number of carbonyl (C=O) groups is 1. The average Bonchev–Trinajstić information content (AvgIpc) is 3.31. The van der Waals surface area contributed by atoms with Crippen LogP contribution < -0.4 is 10.1 Å². The minimum atomic E-state index is -0.304. The monoisotopic (exact) mass is 364 g/mol. The molecule has 4 rings (SSSR count). The van der Waals surface area contributed by atoms with Gasteiger partial charge in [-0.15, -0.1) is 11.3 Å². The summed E-state index contributed by atoms with van der Waals surface area (Å²) in [5.41, 5.74) is 1.33. The van der Waals surface area contributed by atoms with Crippen molar-refractivity contribution in [3.8, 4) is 5.88 Å². The molecule has 0 unspecified atom stereocenters. The van der Waals surface area contributed by atoms with Crippen molar-refractivity contribution in [3.63, 3.8) is 0 Å². The average molecular weight is 364 g/mol. The third-order valence-corrected chi connectivity index (χ3v) is 4.85. The van der Waals surface area contributed by atoms with E-state index in [1.807, 2.05) is 40.4 Å². The van der Waals surface area contributed by atoms with E-state index in [4.69, 9.17) is 4.74 Å². The first-order valence-corrected chi connectivity index (χ1v) is 8.92. The van der Waals surface area contributed by atoms with Crippen molar-refractivity contribution in [1.29, 1.82) is 0 Å². The minimum Gasteiger partial charge on any atom is -0.480 e. The summed E-state index contributed by atoms with van der Waals surface area (Å²) < 4.78 is 7.07. The van der Waals surface area contributed by atoms with Crippen LogP contribution in [-0.4, -0.2) is 27.8 Å². The van der Waals surface area contributed by atoms with Crippen molar-refractivity contribution in [3.05, 3.63) is 70.5 Å². The predicted molar refractivity (Wildman–Crippen MR) is 102 cm³/mol. The summed E-state index contributed by atoms with van der Waals surface area (Å²) in [6.45, 7) is 0.657. The van der Waals surface area contributed by atoms with Crippen LogP contribution in [0.3, 0.4) is 0 Å². The lowest BCUT2D eigenvalue weighted by Gasteiger charge is -2.06. The summed E-state index contributed by atoms with van der Waals surface area (Å²) in [7, 11) is 1.49. The molecule has 7 heteroatoms. The Kier molecular flexibility index (Phi) is 4.37. The summed E-state index contributed by atoms with van der Waals surface area (Å²) in [4.78, 5) is 18.0. The van der Waals surface area contributed by atoms with E-state index in [2.05, 4.69) is 21.5 Å². The second-order valence-electron chi connectivity index (χ2n) is 5.62. The normalized spacial score (nSPS) is 10.8. The summed E-state index contributed by atoms with van der Waals surface area (Å²) in [6, 6.07) is 15.3. The summed E-state index contributed by atoms with van der Waals surface area (Å²) in [5.74, 6) is 0.502. The van der Waals surface area contributed by atoms with Gasteiger partial charge in [0.1, 0.15) is 5.56 Å². The topological polar surface area (TPSA) is 69.0 Å². The number of methoxy groups -OCH3 is 1. The number of benzene rings is 1. The maximum atomic E-state index is 12.7. The maximum absolute atomic E-state index is 12.7. The first-order valence-electron chi connectivity index (χ1n) is 8.04. The molecule has 3 heterocycles. The number of hydrogen-bond donors (Lipinski definition) is 1. The molecule has 0 saturated carbocycles. The van der Waals surface area contributed by atoms with E-state index >= 15 is 0 Å². The van der Waals surface area contributed by atoms with Gasteiger partial charge in [-0.05, 0) is 35.7 Å². The molecule has 4 aromatic rings. The number of pyridine rings is 1. The van der Waals surface area contributed by atoms with Gasteiger partial charge in [0, 0.05) is 16.5 Å². The number of para-hydroxylation sites is 1. The fourth-order valence-corrected chi connectivity index (χ4v) is 3.48.